The molecule has 2 rings (SSSR count). The Balaban J connectivity index is 2.40. The summed E-state index contributed by atoms with van der Waals surface area (Å²) in [5.74, 6) is -0.576. The van der Waals surface area contributed by atoms with Crippen LogP contribution in [0.4, 0.5) is 31.1 Å². The second-order valence-corrected chi connectivity index (χ2v) is 7.13. The van der Waals surface area contributed by atoms with Crippen molar-refractivity contribution in [1.29, 1.82) is 0 Å². The van der Waals surface area contributed by atoms with Crippen LogP contribution in [0.3, 0.4) is 0 Å². The predicted octanol–water partition coefficient (Wildman–Crippen LogP) is 4.62. The van der Waals surface area contributed by atoms with Gasteiger partial charge >= 0.3 is 18.4 Å². The quantitative estimate of drug-likeness (QED) is 0.591. The third-order valence-electron chi connectivity index (χ3n) is 4.63. The van der Waals surface area contributed by atoms with Crippen LogP contribution in [0.25, 0.3) is 0 Å². The Bertz CT molecular complexity index is 940. The zero-order valence-electron chi connectivity index (χ0n) is 17.0. The molecule has 0 aromatic heterocycles. The molecule has 0 bridgehead atoms. The summed E-state index contributed by atoms with van der Waals surface area (Å²) in [6.45, 7) is 1.10. The SMILES string of the molecule is Cc1ccccc1CN(Cc1cc(C(F)(F)F)cc(C(F)(F)F)c1)C(=O)CCNC(N)=O. The second-order valence-electron chi connectivity index (χ2n) is 7.13. The molecule has 3 amide bonds. The van der Waals surface area contributed by atoms with E-state index >= 15 is 0 Å². The van der Waals surface area contributed by atoms with Crippen LogP contribution in [0.5, 0.6) is 0 Å². The molecular formula is C21H21F6N3O2. The van der Waals surface area contributed by atoms with Gasteiger partial charge in [-0.25, -0.2) is 4.79 Å². The molecule has 0 unspecified atom stereocenters. The first-order chi connectivity index (χ1) is 14.8. The number of rotatable bonds is 7. The molecule has 3 N–H and O–H groups in total. The van der Waals surface area contributed by atoms with E-state index in [1.165, 1.54) is 0 Å². The topological polar surface area (TPSA) is 75.4 Å². The minimum Gasteiger partial charge on any atom is -0.352 e. The van der Waals surface area contributed by atoms with Gasteiger partial charge in [0.15, 0.2) is 0 Å². The molecule has 11 heteroatoms. The number of nitrogens with one attached hydrogen (secondary N) is 1. The highest BCUT2D eigenvalue weighted by Gasteiger charge is 2.37. The smallest absolute Gasteiger partial charge is 0.352 e. The summed E-state index contributed by atoms with van der Waals surface area (Å²) in [6.07, 6.45) is -10.2. The van der Waals surface area contributed by atoms with Gasteiger partial charge in [0.2, 0.25) is 5.91 Å². The van der Waals surface area contributed by atoms with E-state index in [1.807, 2.05) is 0 Å². The van der Waals surface area contributed by atoms with Crippen LogP contribution in [-0.2, 0) is 30.2 Å². The lowest BCUT2D eigenvalue weighted by molar-refractivity contribution is -0.143. The lowest BCUT2D eigenvalue weighted by Crippen LogP contribution is -2.36. The molecule has 174 valence electrons. The summed E-state index contributed by atoms with van der Waals surface area (Å²) in [6, 6.07) is 7.27. The summed E-state index contributed by atoms with van der Waals surface area (Å²) >= 11 is 0. The molecule has 0 saturated heterocycles. The summed E-state index contributed by atoms with van der Waals surface area (Å²) in [5.41, 5.74) is 3.18. The van der Waals surface area contributed by atoms with Gasteiger partial charge in [0, 0.05) is 26.1 Å². The van der Waals surface area contributed by atoms with Crippen molar-refractivity contribution in [3.8, 4) is 0 Å². The molecule has 0 aliphatic heterocycles. The first kappa shape index (κ1) is 25.0. The number of nitrogens with two attached hydrogens (primary N) is 1. The molecule has 0 saturated carbocycles. The van der Waals surface area contributed by atoms with Gasteiger partial charge < -0.3 is 16.0 Å². The van der Waals surface area contributed by atoms with Gasteiger partial charge in [-0.15, -0.1) is 0 Å². The fourth-order valence-corrected chi connectivity index (χ4v) is 3.01. The van der Waals surface area contributed by atoms with Gasteiger partial charge in [-0.3, -0.25) is 4.79 Å². The average molecular weight is 461 g/mol. The summed E-state index contributed by atoms with van der Waals surface area (Å²) in [5, 5.41) is 2.22. The fraction of sp³-hybridized carbons (Fsp3) is 0.333. The summed E-state index contributed by atoms with van der Waals surface area (Å²) in [4.78, 5) is 24.7. The summed E-state index contributed by atoms with van der Waals surface area (Å²) < 4.78 is 79.0. The van der Waals surface area contributed by atoms with Crippen molar-refractivity contribution in [2.24, 2.45) is 5.73 Å². The number of hydrogen-bond donors (Lipinski definition) is 2. The largest absolute Gasteiger partial charge is 0.416 e. The van der Waals surface area contributed by atoms with E-state index in [-0.39, 0.29) is 31.1 Å². The van der Waals surface area contributed by atoms with Crippen molar-refractivity contribution >= 4 is 11.9 Å². The Labute approximate surface area is 180 Å². The third kappa shape index (κ3) is 7.17. The number of aryl methyl sites for hydroxylation is 1. The number of urea groups is 1. The zero-order valence-corrected chi connectivity index (χ0v) is 17.0. The summed E-state index contributed by atoms with van der Waals surface area (Å²) in [7, 11) is 0. The standard InChI is InChI=1S/C21H21F6N3O2/c1-13-4-2-3-5-15(13)12-30(18(31)6-7-29-19(28)32)11-14-8-16(20(22,23)24)10-17(9-14)21(25,26)27/h2-5,8-10H,6-7,11-12H2,1H3,(H3,28,29,32). The number of primary amides is 1. The Kier molecular flexibility index (Phi) is 7.76. The fourth-order valence-electron chi connectivity index (χ4n) is 3.01. The first-order valence-corrected chi connectivity index (χ1v) is 9.41. The number of carbonyl (C=O) groups is 2. The third-order valence-corrected chi connectivity index (χ3v) is 4.63. The molecule has 0 fully saturated rings. The Morgan fingerprint density at radius 2 is 1.50 bits per heavy atom. The van der Waals surface area contributed by atoms with E-state index in [2.05, 4.69) is 5.32 Å². The Morgan fingerprint density at radius 1 is 0.938 bits per heavy atom. The van der Waals surface area contributed by atoms with Gasteiger partial charge in [-0.05, 0) is 41.8 Å². The average Bonchev–Trinajstić information content (AvgIpc) is 2.67. The Morgan fingerprint density at radius 3 is 2.00 bits per heavy atom. The molecule has 2 aromatic rings. The lowest BCUT2D eigenvalue weighted by Gasteiger charge is -2.25. The highest BCUT2D eigenvalue weighted by Crippen LogP contribution is 2.36. The minimum absolute atomic E-state index is 0.0355. The van der Waals surface area contributed by atoms with Crippen LogP contribution < -0.4 is 11.1 Å². The molecule has 32 heavy (non-hydrogen) atoms. The Hall–Kier alpha value is -3.24. The number of benzene rings is 2. The zero-order chi connectivity index (χ0) is 24.1. The van der Waals surface area contributed by atoms with Gasteiger partial charge in [-0.2, -0.15) is 26.3 Å². The van der Waals surface area contributed by atoms with E-state index in [0.717, 1.165) is 10.5 Å². The van der Waals surface area contributed by atoms with Crippen LogP contribution >= 0.6 is 0 Å². The van der Waals surface area contributed by atoms with E-state index in [1.54, 1.807) is 31.2 Å². The van der Waals surface area contributed by atoms with Crippen LogP contribution in [0.15, 0.2) is 42.5 Å². The van der Waals surface area contributed by atoms with Crippen LogP contribution in [0.2, 0.25) is 0 Å². The van der Waals surface area contributed by atoms with E-state index in [4.69, 9.17) is 5.73 Å². The van der Waals surface area contributed by atoms with Gasteiger partial charge in [0.05, 0.1) is 11.1 Å². The second kappa shape index (κ2) is 9.92. The number of halogens is 6. The van der Waals surface area contributed by atoms with Gasteiger partial charge in [-0.1, -0.05) is 24.3 Å². The van der Waals surface area contributed by atoms with Gasteiger partial charge in [0.25, 0.3) is 0 Å². The molecule has 0 aliphatic rings. The maximum absolute atomic E-state index is 13.2. The monoisotopic (exact) mass is 461 g/mol. The van der Waals surface area contributed by atoms with Crippen LogP contribution in [0, 0.1) is 6.92 Å². The maximum Gasteiger partial charge on any atom is 0.416 e. The lowest BCUT2D eigenvalue weighted by atomic mass is 10.0. The first-order valence-electron chi connectivity index (χ1n) is 9.41. The molecular weight excluding hydrogens is 440 g/mol. The molecule has 5 nitrogen and oxygen atoms in total. The highest BCUT2D eigenvalue weighted by molar-refractivity contribution is 5.78. The van der Waals surface area contributed by atoms with Crippen molar-refractivity contribution in [2.75, 3.05) is 6.54 Å². The van der Waals surface area contributed by atoms with Crippen molar-refractivity contribution in [3.05, 3.63) is 70.3 Å². The van der Waals surface area contributed by atoms with Crippen molar-refractivity contribution in [1.82, 2.24) is 10.2 Å². The van der Waals surface area contributed by atoms with Crippen LogP contribution in [0.1, 0.15) is 34.2 Å². The molecule has 2 aromatic carbocycles. The number of nitrogens with zero attached hydrogens (tertiary/aromatic N) is 1. The predicted molar refractivity (Wildman–Crippen MR) is 104 cm³/mol. The van der Waals surface area contributed by atoms with Crippen molar-refractivity contribution in [2.45, 2.75) is 38.8 Å². The van der Waals surface area contributed by atoms with E-state index < -0.39 is 42.0 Å². The maximum atomic E-state index is 13.2. The van der Waals surface area contributed by atoms with Crippen molar-refractivity contribution < 1.29 is 35.9 Å². The number of amides is 3. The molecule has 0 spiro atoms. The number of carbonyl (C=O) groups excluding carboxylic acids is 2. The molecule has 0 atom stereocenters. The van der Waals surface area contributed by atoms with E-state index in [9.17, 15) is 35.9 Å². The normalized spacial score (nSPS) is 11.8. The molecule has 0 aliphatic carbocycles. The van der Waals surface area contributed by atoms with Crippen molar-refractivity contribution in [3.63, 3.8) is 0 Å². The number of hydrogen-bond acceptors (Lipinski definition) is 2. The molecule has 0 heterocycles. The van der Waals surface area contributed by atoms with Gasteiger partial charge in [0.1, 0.15) is 0 Å². The highest BCUT2D eigenvalue weighted by atomic mass is 19.4. The van der Waals surface area contributed by atoms with Crippen LogP contribution in [-0.4, -0.2) is 23.4 Å². The minimum atomic E-state index is -4.99. The van der Waals surface area contributed by atoms with E-state index in [0.29, 0.717) is 17.7 Å². The number of alkyl halides is 6. The molecule has 0 radical (unpaired) electrons.